The summed E-state index contributed by atoms with van der Waals surface area (Å²) in [4.78, 5) is 7.66. The highest BCUT2D eigenvalue weighted by Gasteiger charge is 2.05. The summed E-state index contributed by atoms with van der Waals surface area (Å²) in [6, 6.07) is 7.72. The molecular formula is C14H12N4O. The number of rotatable bonds is 4. The van der Waals surface area contributed by atoms with Crippen LogP contribution >= 0.6 is 0 Å². The van der Waals surface area contributed by atoms with Crippen LogP contribution in [0, 0.1) is 0 Å². The van der Waals surface area contributed by atoms with Crippen molar-refractivity contribution in [2.45, 2.75) is 0 Å². The van der Waals surface area contributed by atoms with E-state index >= 15 is 0 Å². The first-order valence-corrected chi connectivity index (χ1v) is 5.87. The molecule has 0 aliphatic carbocycles. The third-order valence-electron chi connectivity index (χ3n) is 2.69. The fraction of sp³-hybridized carbons (Fsp3) is 0.0714. The number of nitrogens with zero attached hydrogens (tertiary/aromatic N) is 3. The van der Waals surface area contributed by atoms with Gasteiger partial charge in [0.15, 0.2) is 0 Å². The lowest BCUT2D eigenvalue weighted by atomic mass is 10.2. The summed E-state index contributed by atoms with van der Waals surface area (Å²) in [6.45, 7) is 4.11. The number of benzene rings is 1. The van der Waals surface area contributed by atoms with Crippen molar-refractivity contribution < 1.29 is 4.74 Å². The molecule has 3 aromatic rings. The van der Waals surface area contributed by atoms with Crippen molar-refractivity contribution in [3.05, 3.63) is 49.3 Å². The lowest BCUT2D eigenvalue weighted by molar-refractivity contribution is 0.363. The maximum absolute atomic E-state index is 5.44. The van der Waals surface area contributed by atoms with E-state index in [1.165, 1.54) is 0 Å². The Morgan fingerprint density at radius 1 is 1.16 bits per heavy atom. The zero-order valence-electron chi connectivity index (χ0n) is 10.2. The lowest BCUT2D eigenvalue weighted by Crippen LogP contribution is -1.92. The van der Waals surface area contributed by atoms with Crippen LogP contribution in [0.1, 0.15) is 0 Å². The Labute approximate surface area is 110 Å². The Balaban J connectivity index is 1.90. The van der Waals surface area contributed by atoms with Gasteiger partial charge in [-0.2, -0.15) is 10.2 Å². The molecule has 0 radical (unpaired) electrons. The van der Waals surface area contributed by atoms with E-state index in [0.29, 0.717) is 6.61 Å². The molecule has 0 saturated heterocycles. The maximum atomic E-state index is 5.44. The minimum absolute atomic E-state index is 0.501. The van der Waals surface area contributed by atoms with Gasteiger partial charge in [-0.3, -0.25) is 0 Å². The van der Waals surface area contributed by atoms with Gasteiger partial charge >= 0.3 is 0 Å². The van der Waals surface area contributed by atoms with Gasteiger partial charge in [-0.05, 0) is 24.3 Å². The summed E-state index contributed by atoms with van der Waals surface area (Å²) in [5, 5.41) is 7.62. The van der Waals surface area contributed by atoms with Crippen LogP contribution in [-0.4, -0.2) is 26.8 Å². The molecule has 2 aromatic heterocycles. The number of hydrogen-bond donors (Lipinski definition) is 1. The first-order chi connectivity index (χ1) is 9.36. The number of ether oxygens (including phenoxy) is 1. The molecule has 0 amide bonds. The largest absolute Gasteiger partial charge is 0.490 e. The van der Waals surface area contributed by atoms with Crippen molar-refractivity contribution in [3.63, 3.8) is 0 Å². The van der Waals surface area contributed by atoms with E-state index in [4.69, 9.17) is 4.74 Å². The van der Waals surface area contributed by atoms with Crippen LogP contribution in [0.5, 0.6) is 5.75 Å². The minimum Gasteiger partial charge on any atom is -0.490 e. The van der Waals surface area contributed by atoms with Crippen molar-refractivity contribution in [1.29, 1.82) is 0 Å². The molecule has 0 atom stereocenters. The average molecular weight is 252 g/mol. The molecule has 0 spiro atoms. The zero-order valence-corrected chi connectivity index (χ0v) is 10.2. The van der Waals surface area contributed by atoms with Gasteiger partial charge in [0.2, 0.25) is 0 Å². The molecule has 0 bridgehead atoms. The summed E-state index contributed by atoms with van der Waals surface area (Å²) in [6.07, 6.45) is 5.01. The van der Waals surface area contributed by atoms with E-state index < -0.39 is 0 Å². The summed E-state index contributed by atoms with van der Waals surface area (Å²) >= 11 is 0. The highest BCUT2D eigenvalue weighted by atomic mass is 16.5. The molecule has 5 heteroatoms. The van der Waals surface area contributed by atoms with Crippen molar-refractivity contribution >= 4 is 11.0 Å². The molecular weight excluding hydrogens is 240 g/mol. The molecule has 2 heterocycles. The molecule has 94 valence electrons. The number of fused-ring (bicyclic) bond motifs is 1. The van der Waals surface area contributed by atoms with Crippen molar-refractivity contribution in [2.24, 2.45) is 0 Å². The van der Waals surface area contributed by atoms with Gasteiger partial charge in [0.1, 0.15) is 23.7 Å². The van der Waals surface area contributed by atoms with Crippen molar-refractivity contribution in [2.75, 3.05) is 6.61 Å². The van der Waals surface area contributed by atoms with E-state index in [1.54, 1.807) is 18.5 Å². The van der Waals surface area contributed by atoms with E-state index in [1.807, 2.05) is 24.3 Å². The van der Waals surface area contributed by atoms with E-state index in [9.17, 15) is 0 Å². The fourth-order valence-electron chi connectivity index (χ4n) is 1.78. The molecule has 0 fully saturated rings. The highest BCUT2D eigenvalue weighted by molar-refractivity contribution is 5.77. The SMILES string of the molecule is C=CCOc1ccc(-c2nc3cnncc3[nH]2)cc1. The standard InChI is InChI=1S/C14H12N4O/c1-2-7-19-11-5-3-10(4-6-11)14-17-12-8-15-16-9-13(12)18-14/h2-6,8-9H,1,7H2,(H,17,18). The summed E-state index contributed by atoms with van der Waals surface area (Å²) in [5.41, 5.74) is 2.66. The van der Waals surface area contributed by atoms with Crippen molar-refractivity contribution in [1.82, 2.24) is 20.2 Å². The quantitative estimate of drug-likeness (QED) is 0.725. The number of imidazole rings is 1. The summed E-state index contributed by atoms with van der Waals surface area (Å²) in [7, 11) is 0. The van der Waals surface area contributed by atoms with E-state index in [-0.39, 0.29) is 0 Å². The van der Waals surface area contributed by atoms with Crippen LogP contribution < -0.4 is 4.74 Å². The van der Waals surface area contributed by atoms with Crippen LogP contribution in [-0.2, 0) is 0 Å². The Kier molecular flexibility index (Phi) is 2.94. The molecule has 19 heavy (non-hydrogen) atoms. The smallest absolute Gasteiger partial charge is 0.138 e. The van der Waals surface area contributed by atoms with Gasteiger partial charge in [-0.15, -0.1) is 0 Å². The second-order valence-corrected chi connectivity index (χ2v) is 4.00. The number of nitrogens with one attached hydrogen (secondary N) is 1. The number of H-pyrrole nitrogens is 1. The monoisotopic (exact) mass is 252 g/mol. The van der Waals surface area contributed by atoms with E-state index in [2.05, 4.69) is 26.7 Å². The molecule has 5 nitrogen and oxygen atoms in total. The topological polar surface area (TPSA) is 63.7 Å². The Bertz CT molecular complexity index is 670. The molecule has 0 aliphatic heterocycles. The second kappa shape index (κ2) is 4.89. The lowest BCUT2D eigenvalue weighted by Gasteiger charge is -2.03. The maximum Gasteiger partial charge on any atom is 0.138 e. The van der Waals surface area contributed by atoms with Crippen LogP contribution in [0.3, 0.4) is 0 Å². The van der Waals surface area contributed by atoms with Crippen LogP contribution in [0.15, 0.2) is 49.3 Å². The van der Waals surface area contributed by atoms with Gasteiger partial charge in [0.25, 0.3) is 0 Å². The number of hydrogen-bond acceptors (Lipinski definition) is 4. The highest BCUT2D eigenvalue weighted by Crippen LogP contribution is 2.22. The summed E-state index contributed by atoms with van der Waals surface area (Å²) < 4.78 is 5.44. The molecule has 1 aromatic carbocycles. The van der Waals surface area contributed by atoms with Crippen LogP contribution in [0.4, 0.5) is 0 Å². The minimum atomic E-state index is 0.501. The van der Waals surface area contributed by atoms with Gasteiger partial charge in [0.05, 0.1) is 17.9 Å². The van der Waals surface area contributed by atoms with Gasteiger partial charge in [0, 0.05) is 5.56 Å². The Morgan fingerprint density at radius 2 is 1.95 bits per heavy atom. The molecule has 0 saturated carbocycles. The second-order valence-electron chi connectivity index (χ2n) is 4.00. The third kappa shape index (κ3) is 2.30. The van der Waals surface area contributed by atoms with E-state index in [0.717, 1.165) is 28.2 Å². The first-order valence-electron chi connectivity index (χ1n) is 5.87. The van der Waals surface area contributed by atoms with Gasteiger partial charge in [-0.25, -0.2) is 4.98 Å². The molecule has 0 unspecified atom stereocenters. The number of aromatic nitrogens is 4. The number of aromatic amines is 1. The Morgan fingerprint density at radius 3 is 2.68 bits per heavy atom. The van der Waals surface area contributed by atoms with Gasteiger partial charge in [-0.1, -0.05) is 12.7 Å². The molecule has 0 aliphatic rings. The normalized spacial score (nSPS) is 10.5. The van der Waals surface area contributed by atoms with Crippen LogP contribution in [0.2, 0.25) is 0 Å². The Hall–Kier alpha value is -2.69. The predicted octanol–water partition coefficient (Wildman–Crippen LogP) is 2.58. The predicted molar refractivity (Wildman–Crippen MR) is 72.8 cm³/mol. The van der Waals surface area contributed by atoms with Crippen LogP contribution in [0.25, 0.3) is 22.4 Å². The van der Waals surface area contributed by atoms with Gasteiger partial charge < -0.3 is 9.72 Å². The fourth-order valence-corrected chi connectivity index (χ4v) is 1.78. The summed E-state index contributed by atoms with van der Waals surface area (Å²) in [5.74, 6) is 1.60. The third-order valence-corrected chi connectivity index (χ3v) is 2.69. The first kappa shape index (κ1) is 11.4. The average Bonchev–Trinajstić information content (AvgIpc) is 2.89. The molecule has 1 N–H and O–H groups in total. The van der Waals surface area contributed by atoms with Crippen molar-refractivity contribution in [3.8, 4) is 17.1 Å². The zero-order chi connectivity index (χ0) is 13.1. The molecule has 3 rings (SSSR count).